The molecule has 1 heterocycles. The summed E-state index contributed by atoms with van der Waals surface area (Å²) in [5.74, 6) is 1.13. The Hall–Kier alpha value is -3.45. The zero-order valence-corrected chi connectivity index (χ0v) is 19.7. The highest BCUT2D eigenvalue weighted by Crippen LogP contribution is 2.42. The Morgan fingerprint density at radius 1 is 0.939 bits per heavy atom. The van der Waals surface area contributed by atoms with Crippen molar-refractivity contribution in [2.75, 3.05) is 30.5 Å². The molecule has 1 aliphatic rings. The Bertz CT molecular complexity index is 1190. The van der Waals surface area contributed by atoms with Crippen molar-refractivity contribution >= 4 is 35.0 Å². The van der Waals surface area contributed by atoms with Crippen molar-refractivity contribution < 1.29 is 19.1 Å². The van der Waals surface area contributed by atoms with Gasteiger partial charge in [-0.3, -0.25) is 9.59 Å². The highest BCUT2D eigenvalue weighted by molar-refractivity contribution is 7.99. The second-order valence-electron chi connectivity index (χ2n) is 7.52. The summed E-state index contributed by atoms with van der Waals surface area (Å²) in [7, 11) is 1.77. The zero-order chi connectivity index (χ0) is 23.4. The maximum absolute atomic E-state index is 12.8. The molecule has 0 radical (unpaired) electrons. The van der Waals surface area contributed by atoms with Crippen LogP contribution >= 0.6 is 11.8 Å². The minimum absolute atomic E-state index is 0.0470. The summed E-state index contributed by atoms with van der Waals surface area (Å²) in [5, 5.41) is 2.97. The first-order valence-electron chi connectivity index (χ1n) is 10.9. The standard InChI is InChI=1S/C26H26N2O4S/c1-4-31-21-13-10-17(14-22(21)32-5-2)15-25(29)27-18-11-12-20-24(16-18)33-23-9-7-6-8-19(23)26(30)28(20)3/h6-14,16H,4-5,15H2,1-3H3,(H,27,29). The summed E-state index contributed by atoms with van der Waals surface area (Å²) >= 11 is 1.53. The maximum atomic E-state index is 12.8. The Morgan fingerprint density at radius 2 is 1.70 bits per heavy atom. The molecule has 0 aliphatic carbocycles. The number of carbonyl (C=O) groups excluding carboxylic acids is 2. The van der Waals surface area contributed by atoms with Gasteiger partial charge in [-0.25, -0.2) is 0 Å². The van der Waals surface area contributed by atoms with Crippen LogP contribution in [0.3, 0.4) is 0 Å². The molecule has 3 aromatic rings. The summed E-state index contributed by atoms with van der Waals surface area (Å²) in [4.78, 5) is 29.0. The molecule has 0 saturated heterocycles. The van der Waals surface area contributed by atoms with Gasteiger partial charge in [0.25, 0.3) is 5.91 Å². The van der Waals surface area contributed by atoms with Gasteiger partial charge in [-0.05, 0) is 61.9 Å². The summed E-state index contributed by atoms with van der Waals surface area (Å²) in [5.41, 5.74) is 3.00. The minimum Gasteiger partial charge on any atom is -0.490 e. The van der Waals surface area contributed by atoms with Crippen LogP contribution in [0.5, 0.6) is 11.5 Å². The predicted octanol–water partition coefficient (Wildman–Crippen LogP) is 5.41. The molecule has 6 nitrogen and oxygen atoms in total. The average molecular weight is 463 g/mol. The van der Waals surface area contributed by atoms with Crippen molar-refractivity contribution in [2.45, 2.75) is 30.1 Å². The third-order valence-corrected chi connectivity index (χ3v) is 6.34. The molecule has 0 atom stereocenters. The Morgan fingerprint density at radius 3 is 2.48 bits per heavy atom. The Labute approximate surface area is 197 Å². The van der Waals surface area contributed by atoms with Crippen LogP contribution in [-0.2, 0) is 11.2 Å². The van der Waals surface area contributed by atoms with E-state index in [2.05, 4.69) is 5.32 Å². The summed E-state index contributed by atoms with van der Waals surface area (Å²) in [6.45, 7) is 4.89. The number of hydrogen-bond donors (Lipinski definition) is 1. The van der Waals surface area contributed by atoms with Crippen LogP contribution in [0.1, 0.15) is 29.8 Å². The molecule has 0 spiro atoms. The van der Waals surface area contributed by atoms with Gasteiger partial charge in [0.05, 0.1) is 30.9 Å². The average Bonchev–Trinajstić information content (AvgIpc) is 2.90. The molecular formula is C26H26N2O4S. The highest BCUT2D eigenvalue weighted by Gasteiger charge is 2.24. The van der Waals surface area contributed by atoms with Gasteiger partial charge in [-0.2, -0.15) is 0 Å². The van der Waals surface area contributed by atoms with E-state index in [0.717, 1.165) is 21.0 Å². The molecule has 33 heavy (non-hydrogen) atoms. The number of hydrogen-bond acceptors (Lipinski definition) is 5. The number of fused-ring (bicyclic) bond motifs is 2. The number of ether oxygens (including phenoxy) is 2. The van der Waals surface area contributed by atoms with E-state index < -0.39 is 0 Å². The van der Waals surface area contributed by atoms with Gasteiger partial charge in [0, 0.05) is 22.5 Å². The van der Waals surface area contributed by atoms with E-state index in [4.69, 9.17) is 9.47 Å². The van der Waals surface area contributed by atoms with Gasteiger partial charge in [0.15, 0.2) is 11.5 Å². The molecule has 0 unspecified atom stereocenters. The lowest BCUT2D eigenvalue weighted by Crippen LogP contribution is -2.26. The number of amides is 2. The van der Waals surface area contributed by atoms with Crippen molar-refractivity contribution in [3.63, 3.8) is 0 Å². The van der Waals surface area contributed by atoms with Crippen LogP contribution in [0.4, 0.5) is 11.4 Å². The van der Waals surface area contributed by atoms with E-state index in [1.165, 1.54) is 11.8 Å². The number of carbonyl (C=O) groups is 2. The van der Waals surface area contributed by atoms with E-state index in [9.17, 15) is 9.59 Å². The van der Waals surface area contributed by atoms with Crippen molar-refractivity contribution in [1.29, 1.82) is 0 Å². The fourth-order valence-electron chi connectivity index (χ4n) is 3.69. The zero-order valence-electron chi connectivity index (χ0n) is 18.9. The van der Waals surface area contributed by atoms with Crippen LogP contribution in [0.25, 0.3) is 0 Å². The van der Waals surface area contributed by atoms with Gasteiger partial charge in [-0.1, -0.05) is 30.0 Å². The molecule has 0 bridgehead atoms. The Balaban J connectivity index is 1.52. The normalized spacial score (nSPS) is 12.5. The number of benzene rings is 3. The molecule has 170 valence electrons. The molecule has 4 rings (SSSR count). The smallest absolute Gasteiger partial charge is 0.259 e. The number of nitrogens with zero attached hydrogens (tertiary/aromatic N) is 1. The van der Waals surface area contributed by atoms with Gasteiger partial charge >= 0.3 is 0 Å². The predicted molar refractivity (Wildman–Crippen MR) is 131 cm³/mol. The van der Waals surface area contributed by atoms with E-state index in [0.29, 0.717) is 36.0 Å². The number of rotatable bonds is 7. The third kappa shape index (κ3) is 4.98. The number of nitrogens with one attached hydrogen (secondary N) is 1. The minimum atomic E-state index is -0.134. The second kappa shape index (κ2) is 10.0. The van der Waals surface area contributed by atoms with Crippen LogP contribution in [0.2, 0.25) is 0 Å². The largest absolute Gasteiger partial charge is 0.490 e. The van der Waals surface area contributed by atoms with Crippen LogP contribution in [0.15, 0.2) is 70.5 Å². The van der Waals surface area contributed by atoms with Crippen molar-refractivity contribution in [1.82, 2.24) is 0 Å². The van der Waals surface area contributed by atoms with Crippen molar-refractivity contribution in [3.8, 4) is 11.5 Å². The van der Waals surface area contributed by atoms with E-state index in [-0.39, 0.29) is 18.2 Å². The van der Waals surface area contributed by atoms with Crippen molar-refractivity contribution in [2.24, 2.45) is 0 Å². The topological polar surface area (TPSA) is 67.9 Å². The molecule has 2 amide bonds. The number of anilines is 2. The molecule has 3 aromatic carbocycles. The summed E-state index contributed by atoms with van der Waals surface area (Å²) in [6.07, 6.45) is 0.206. The first kappa shape index (κ1) is 22.7. The lowest BCUT2D eigenvalue weighted by atomic mass is 10.1. The maximum Gasteiger partial charge on any atom is 0.259 e. The summed E-state index contributed by atoms with van der Waals surface area (Å²) < 4.78 is 11.3. The monoisotopic (exact) mass is 462 g/mol. The van der Waals surface area contributed by atoms with Gasteiger partial charge in [0.2, 0.25) is 5.91 Å². The third-order valence-electron chi connectivity index (χ3n) is 5.22. The molecule has 0 saturated carbocycles. The SMILES string of the molecule is CCOc1ccc(CC(=O)Nc2ccc3c(c2)Sc2ccccc2C(=O)N3C)cc1OCC. The summed E-state index contributed by atoms with van der Waals surface area (Å²) in [6, 6.07) is 18.7. The molecule has 1 aliphatic heterocycles. The van der Waals surface area contributed by atoms with E-state index in [1.54, 1.807) is 11.9 Å². The molecule has 0 aromatic heterocycles. The first-order valence-corrected chi connectivity index (χ1v) is 11.7. The van der Waals surface area contributed by atoms with Crippen LogP contribution in [-0.4, -0.2) is 32.1 Å². The van der Waals surface area contributed by atoms with E-state index in [1.807, 2.05) is 74.5 Å². The molecule has 1 N–H and O–H groups in total. The Kier molecular flexibility index (Phi) is 6.89. The van der Waals surface area contributed by atoms with Crippen LogP contribution < -0.4 is 19.7 Å². The van der Waals surface area contributed by atoms with Gasteiger partial charge in [-0.15, -0.1) is 0 Å². The second-order valence-corrected chi connectivity index (χ2v) is 8.60. The lowest BCUT2D eigenvalue weighted by Gasteiger charge is -2.18. The van der Waals surface area contributed by atoms with Crippen LogP contribution in [0, 0.1) is 0 Å². The lowest BCUT2D eigenvalue weighted by molar-refractivity contribution is -0.115. The highest BCUT2D eigenvalue weighted by atomic mass is 32.2. The molecule has 0 fully saturated rings. The molecular weight excluding hydrogens is 436 g/mol. The quantitative estimate of drug-likeness (QED) is 0.509. The fraction of sp³-hybridized carbons (Fsp3) is 0.231. The van der Waals surface area contributed by atoms with Gasteiger partial charge < -0.3 is 19.7 Å². The van der Waals surface area contributed by atoms with Crippen molar-refractivity contribution in [3.05, 3.63) is 71.8 Å². The van der Waals surface area contributed by atoms with E-state index >= 15 is 0 Å². The fourth-order valence-corrected chi connectivity index (χ4v) is 4.83. The molecule has 7 heteroatoms. The van der Waals surface area contributed by atoms with Gasteiger partial charge in [0.1, 0.15) is 0 Å². The first-order chi connectivity index (χ1) is 16.0.